The van der Waals surface area contributed by atoms with Crippen molar-refractivity contribution in [2.45, 2.75) is 48.6 Å². The quantitative estimate of drug-likeness (QED) is 0.255. The zero-order valence-electron chi connectivity index (χ0n) is 31.4. The van der Waals surface area contributed by atoms with Gasteiger partial charge < -0.3 is 19.3 Å². The minimum Gasteiger partial charge on any atom is -0.493 e. The van der Waals surface area contributed by atoms with Gasteiger partial charge in [-0.05, 0) is 48.2 Å². The molecule has 288 valence electrons. The summed E-state index contributed by atoms with van der Waals surface area (Å²) in [7, 11) is -5.53. The van der Waals surface area contributed by atoms with Gasteiger partial charge in [-0.25, -0.2) is 37.9 Å². The zero-order valence-corrected chi connectivity index (χ0v) is 33.1. The minimum absolute atomic E-state index is 0.332. The lowest BCUT2D eigenvalue weighted by Crippen LogP contribution is -2.47. The summed E-state index contributed by atoms with van der Waals surface area (Å²) in [6, 6.07) is 13.9. The summed E-state index contributed by atoms with van der Waals surface area (Å²) in [5.41, 5.74) is 5.19. The van der Waals surface area contributed by atoms with E-state index in [4.69, 9.17) is 19.0 Å². The standard InChI is InChI=1S/2C19H25N5O2S/c2*1-14(16-4-3-15-5-10-26-18(15)11-16)23-6-8-24(9-7-23)19-21-12-17(13-22-19)27(2,20)25/h2*3-4,11-14,20H,5-10H2,1-2H3/t2*14-,27?/m10/s1. The van der Waals surface area contributed by atoms with E-state index >= 15 is 0 Å². The van der Waals surface area contributed by atoms with E-state index in [2.05, 4.69) is 89.8 Å². The van der Waals surface area contributed by atoms with Crippen LogP contribution in [0.5, 0.6) is 11.5 Å². The molecule has 2 saturated heterocycles. The number of piperazine rings is 2. The molecule has 8 rings (SSSR count). The van der Waals surface area contributed by atoms with Crippen molar-refractivity contribution in [3.8, 4) is 11.5 Å². The summed E-state index contributed by atoms with van der Waals surface area (Å²) < 4.78 is 50.1. The molecule has 6 heterocycles. The first-order valence-corrected chi connectivity index (χ1v) is 22.4. The molecule has 2 aromatic carbocycles. The van der Waals surface area contributed by atoms with Crippen molar-refractivity contribution in [3.63, 3.8) is 0 Å². The Labute approximate surface area is 318 Å². The first-order valence-electron chi connectivity index (χ1n) is 18.4. The second kappa shape index (κ2) is 15.8. The van der Waals surface area contributed by atoms with Crippen molar-refractivity contribution in [2.24, 2.45) is 0 Å². The molecule has 2 aromatic heterocycles. The van der Waals surface area contributed by atoms with Crippen molar-refractivity contribution in [2.75, 3.05) is 87.9 Å². The summed E-state index contributed by atoms with van der Waals surface area (Å²) in [6.07, 6.45) is 10.8. The van der Waals surface area contributed by atoms with Crippen LogP contribution in [-0.2, 0) is 32.3 Å². The van der Waals surface area contributed by atoms with Gasteiger partial charge in [0.15, 0.2) is 0 Å². The van der Waals surface area contributed by atoms with Crippen LogP contribution in [0.15, 0.2) is 71.0 Å². The average Bonchev–Trinajstić information content (AvgIpc) is 3.86. The lowest BCUT2D eigenvalue weighted by molar-refractivity contribution is 0.197. The Morgan fingerprint density at radius 1 is 0.593 bits per heavy atom. The van der Waals surface area contributed by atoms with Gasteiger partial charge in [0.25, 0.3) is 0 Å². The van der Waals surface area contributed by atoms with Gasteiger partial charge >= 0.3 is 0 Å². The number of ether oxygens (including phenoxy) is 2. The van der Waals surface area contributed by atoms with E-state index in [1.54, 1.807) is 0 Å². The molecule has 0 amide bonds. The van der Waals surface area contributed by atoms with E-state index in [9.17, 15) is 8.42 Å². The molecular weight excluding hydrogens is 725 g/mol. The Morgan fingerprint density at radius 3 is 1.28 bits per heavy atom. The highest BCUT2D eigenvalue weighted by molar-refractivity contribution is 7.92. The Kier molecular flexibility index (Phi) is 11.1. The SMILES string of the molecule is C[C@@H](c1ccc2c(c1)OCC2)N1CCN(c2ncc(S(C)(=N)=O)cn2)CC1.C[C@H](c1ccc2c(c1)OCC2)N1CCN(c2ncc(S(C)(=N)=O)cn2)CC1. The van der Waals surface area contributed by atoms with Gasteiger partial charge in [0.1, 0.15) is 11.5 Å². The normalized spacial score (nSPS) is 20.6. The van der Waals surface area contributed by atoms with Crippen molar-refractivity contribution >= 4 is 31.4 Å². The summed E-state index contributed by atoms with van der Waals surface area (Å²) in [6.45, 7) is 13.1. The fourth-order valence-corrected chi connectivity index (χ4v) is 8.29. The predicted octanol–water partition coefficient (Wildman–Crippen LogP) is 4.66. The first-order chi connectivity index (χ1) is 25.8. The number of anilines is 2. The third kappa shape index (κ3) is 8.61. The molecule has 0 aliphatic carbocycles. The van der Waals surface area contributed by atoms with Crippen molar-refractivity contribution in [1.29, 1.82) is 9.56 Å². The number of nitrogens with zero attached hydrogens (tertiary/aromatic N) is 8. The van der Waals surface area contributed by atoms with Crippen LogP contribution in [0.3, 0.4) is 0 Å². The summed E-state index contributed by atoms with van der Waals surface area (Å²) >= 11 is 0. The van der Waals surface area contributed by atoms with Gasteiger partial charge in [0, 0.05) is 115 Å². The van der Waals surface area contributed by atoms with Crippen molar-refractivity contribution in [3.05, 3.63) is 83.4 Å². The van der Waals surface area contributed by atoms with Crippen LogP contribution >= 0.6 is 0 Å². The average molecular weight is 775 g/mol. The summed E-state index contributed by atoms with van der Waals surface area (Å²) in [5.74, 6) is 3.35. The van der Waals surface area contributed by atoms with E-state index in [1.807, 2.05) is 0 Å². The smallest absolute Gasteiger partial charge is 0.225 e. The molecule has 4 aromatic rings. The first kappa shape index (κ1) is 37.9. The largest absolute Gasteiger partial charge is 0.493 e. The maximum atomic E-state index is 11.8. The number of hydrogen-bond donors (Lipinski definition) is 2. The molecule has 4 aliphatic rings. The van der Waals surface area contributed by atoms with E-state index in [-0.39, 0.29) is 0 Å². The van der Waals surface area contributed by atoms with Crippen molar-refractivity contribution in [1.82, 2.24) is 29.7 Å². The number of hydrogen-bond acceptors (Lipinski definition) is 14. The lowest BCUT2D eigenvalue weighted by atomic mass is 10.0. The van der Waals surface area contributed by atoms with Crippen LogP contribution < -0.4 is 19.3 Å². The molecule has 54 heavy (non-hydrogen) atoms. The highest BCUT2D eigenvalue weighted by Gasteiger charge is 2.26. The van der Waals surface area contributed by atoms with Crippen LogP contribution in [0.2, 0.25) is 0 Å². The Hall–Kier alpha value is -4.38. The van der Waals surface area contributed by atoms with Crippen molar-refractivity contribution < 1.29 is 17.9 Å². The molecule has 0 bridgehead atoms. The number of nitrogens with one attached hydrogen (secondary N) is 2. The molecule has 16 heteroatoms. The van der Waals surface area contributed by atoms with Gasteiger partial charge in [-0.3, -0.25) is 9.80 Å². The predicted molar refractivity (Wildman–Crippen MR) is 210 cm³/mol. The molecular formula is C38H50N10O4S2. The van der Waals surface area contributed by atoms with E-state index in [0.717, 1.165) is 89.9 Å². The van der Waals surface area contributed by atoms with E-state index < -0.39 is 19.5 Å². The molecule has 14 nitrogen and oxygen atoms in total. The molecule has 0 radical (unpaired) electrons. The Morgan fingerprint density at radius 2 is 0.944 bits per heavy atom. The van der Waals surface area contributed by atoms with Gasteiger partial charge in [-0.15, -0.1) is 0 Å². The van der Waals surface area contributed by atoms with Gasteiger partial charge in [-0.1, -0.05) is 24.3 Å². The number of aromatic nitrogens is 4. The van der Waals surface area contributed by atoms with Crippen LogP contribution in [0.4, 0.5) is 11.9 Å². The van der Waals surface area contributed by atoms with Gasteiger partial charge in [0.2, 0.25) is 11.9 Å². The molecule has 0 spiro atoms. The molecule has 2 N–H and O–H groups in total. The maximum absolute atomic E-state index is 11.8. The zero-order chi connectivity index (χ0) is 38.0. The third-order valence-corrected chi connectivity index (χ3v) is 13.0. The van der Waals surface area contributed by atoms with Crippen LogP contribution in [-0.4, -0.2) is 116 Å². The second-order valence-corrected chi connectivity index (χ2v) is 18.8. The second-order valence-electron chi connectivity index (χ2n) is 14.5. The number of benzene rings is 2. The monoisotopic (exact) mass is 774 g/mol. The topological polar surface area (TPSA) is 165 Å². The summed E-state index contributed by atoms with van der Waals surface area (Å²) in [5, 5.41) is 0. The van der Waals surface area contributed by atoms with E-state index in [0.29, 0.717) is 33.8 Å². The molecule has 2 fully saturated rings. The molecule has 2 unspecified atom stereocenters. The lowest BCUT2D eigenvalue weighted by Gasteiger charge is -2.38. The Bertz CT molecular complexity index is 2000. The number of rotatable bonds is 8. The van der Waals surface area contributed by atoms with E-state index in [1.165, 1.54) is 59.6 Å². The van der Waals surface area contributed by atoms with Gasteiger partial charge in [-0.2, -0.15) is 0 Å². The fourth-order valence-electron chi connectivity index (χ4n) is 7.27. The van der Waals surface area contributed by atoms with Crippen LogP contribution in [0.1, 0.15) is 48.2 Å². The minimum atomic E-state index is -2.77. The van der Waals surface area contributed by atoms with Gasteiger partial charge in [0.05, 0.1) is 42.5 Å². The van der Waals surface area contributed by atoms with Crippen LogP contribution in [0.25, 0.3) is 0 Å². The highest BCUT2D eigenvalue weighted by atomic mass is 32.2. The molecule has 4 aliphatic heterocycles. The third-order valence-electron chi connectivity index (χ3n) is 10.8. The fraction of sp³-hybridized carbons (Fsp3) is 0.474. The number of fused-ring (bicyclic) bond motifs is 2. The molecule has 0 saturated carbocycles. The highest BCUT2D eigenvalue weighted by Crippen LogP contribution is 2.32. The summed E-state index contributed by atoms with van der Waals surface area (Å²) in [4.78, 5) is 27.2. The Balaban J connectivity index is 0.000000167. The maximum Gasteiger partial charge on any atom is 0.225 e. The molecule has 4 atom stereocenters. The van der Waals surface area contributed by atoms with Crippen LogP contribution in [0, 0.1) is 9.56 Å².